The van der Waals surface area contributed by atoms with E-state index in [0.717, 1.165) is 33.3 Å². The van der Waals surface area contributed by atoms with Gasteiger partial charge in [-0.05, 0) is 70.5 Å². The molecule has 2 heterocycles. The lowest BCUT2D eigenvalue weighted by Crippen LogP contribution is -2.48. The molecule has 0 spiro atoms. The average Bonchev–Trinajstić information content (AvgIpc) is 3.38. The van der Waals surface area contributed by atoms with Gasteiger partial charge in [-0.25, -0.2) is 0 Å². The Bertz CT molecular complexity index is 1190. The molecule has 4 rings (SSSR count). The summed E-state index contributed by atoms with van der Waals surface area (Å²) in [6.45, 7) is 2.70. The third-order valence-corrected chi connectivity index (χ3v) is 6.50. The Kier molecular flexibility index (Phi) is 7.74. The van der Waals surface area contributed by atoms with Crippen LogP contribution in [0.5, 0.6) is 5.75 Å². The summed E-state index contributed by atoms with van der Waals surface area (Å²) in [6, 6.07) is 14.9. The molecule has 1 aliphatic rings. The van der Waals surface area contributed by atoms with Crippen molar-refractivity contribution in [1.29, 1.82) is 0 Å². The van der Waals surface area contributed by atoms with Gasteiger partial charge in [-0.3, -0.25) is 9.59 Å². The van der Waals surface area contributed by atoms with Gasteiger partial charge in [0.1, 0.15) is 5.75 Å². The molecule has 1 saturated heterocycles. The number of halogens is 2. The molecule has 34 heavy (non-hydrogen) atoms. The molecule has 3 aromatic rings. The number of hydrogen-bond donors (Lipinski definition) is 1. The maximum absolute atomic E-state index is 12.4. The number of furan rings is 1. The van der Waals surface area contributed by atoms with Gasteiger partial charge >= 0.3 is 0 Å². The van der Waals surface area contributed by atoms with Crippen LogP contribution in [-0.2, 0) is 4.79 Å². The standard InChI is InChI=1S/C25H23Br2N3O4/c1-33-24-17(15-18(26)16-21(24)27)4-9-23(31)28-19-5-7-20(8-6-19)29-10-12-30(13-11-29)25(32)22-3-2-14-34-22/h2-9,14-16H,10-13H2,1H3,(H,28,31)/b9-4+. The summed E-state index contributed by atoms with van der Waals surface area (Å²) in [5.74, 6) is 0.704. The van der Waals surface area contributed by atoms with E-state index in [1.54, 1.807) is 30.2 Å². The first kappa shape index (κ1) is 24.1. The Hall–Kier alpha value is -3.04. The first-order valence-electron chi connectivity index (χ1n) is 10.6. The normalized spacial score (nSPS) is 13.9. The Morgan fingerprint density at radius 3 is 2.44 bits per heavy atom. The van der Waals surface area contributed by atoms with E-state index in [1.165, 1.54) is 12.3 Å². The molecule has 1 aromatic heterocycles. The van der Waals surface area contributed by atoms with Crippen LogP contribution < -0.4 is 15.0 Å². The fourth-order valence-electron chi connectivity index (χ4n) is 3.75. The Balaban J connectivity index is 1.32. The molecule has 0 unspecified atom stereocenters. The second-order valence-corrected chi connectivity index (χ2v) is 9.41. The number of ether oxygens (including phenoxy) is 1. The number of nitrogens with zero attached hydrogens (tertiary/aromatic N) is 2. The number of methoxy groups -OCH3 is 1. The Morgan fingerprint density at radius 1 is 1.06 bits per heavy atom. The second kappa shape index (κ2) is 10.9. The summed E-state index contributed by atoms with van der Waals surface area (Å²) < 4.78 is 12.3. The van der Waals surface area contributed by atoms with Crippen molar-refractivity contribution in [2.75, 3.05) is 43.5 Å². The number of carbonyl (C=O) groups is 2. The van der Waals surface area contributed by atoms with Gasteiger partial charge in [0, 0.05) is 53.7 Å². The van der Waals surface area contributed by atoms with Crippen LogP contribution in [0.1, 0.15) is 16.1 Å². The lowest BCUT2D eigenvalue weighted by Gasteiger charge is -2.35. The van der Waals surface area contributed by atoms with Gasteiger partial charge in [0.2, 0.25) is 5.91 Å². The highest BCUT2D eigenvalue weighted by Crippen LogP contribution is 2.33. The fraction of sp³-hybridized carbons (Fsp3) is 0.200. The molecule has 7 nitrogen and oxygen atoms in total. The number of hydrogen-bond acceptors (Lipinski definition) is 5. The van der Waals surface area contributed by atoms with E-state index in [0.29, 0.717) is 30.3 Å². The van der Waals surface area contributed by atoms with Gasteiger partial charge in [0.15, 0.2) is 5.76 Å². The molecule has 0 saturated carbocycles. The van der Waals surface area contributed by atoms with Crippen molar-refractivity contribution in [2.45, 2.75) is 0 Å². The maximum atomic E-state index is 12.4. The summed E-state index contributed by atoms with van der Waals surface area (Å²) in [5, 5.41) is 2.87. The van der Waals surface area contributed by atoms with E-state index in [-0.39, 0.29) is 11.8 Å². The van der Waals surface area contributed by atoms with Gasteiger partial charge < -0.3 is 24.3 Å². The third-order valence-electron chi connectivity index (χ3n) is 5.45. The number of nitrogens with one attached hydrogen (secondary N) is 1. The molecular weight excluding hydrogens is 566 g/mol. The van der Waals surface area contributed by atoms with Crippen molar-refractivity contribution in [3.63, 3.8) is 0 Å². The molecule has 1 N–H and O–H groups in total. The second-order valence-electron chi connectivity index (χ2n) is 7.64. The smallest absolute Gasteiger partial charge is 0.289 e. The molecule has 176 valence electrons. The molecule has 0 atom stereocenters. The first-order chi connectivity index (χ1) is 16.4. The zero-order valence-electron chi connectivity index (χ0n) is 18.5. The Morgan fingerprint density at radius 2 is 1.79 bits per heavy atom. The molecule has 0 bridgehead atoms. The third kappa shape index (κ3) is 5.71. The molecular formula is C25H23Br2N3O4. The highest BCUT2D eigenvalue weighted by molar-refractivity contribution is 9.11. The minimum atomic E-state index is -0.240. The molecule has 0 aliphatic carbocycles. The summed E-state index contributed by atoms with van der Waals surface area (Å²) >= 11 is 6.91. The van der Waals surface area contributed by atoms with E-state index in [4.69, 9.17) is 9.15 Å². The van der Waals surface area contributed by atoms with Crippen molar-refractivity contribution >= 4 is 61.1 Å². The minimum absolute atomic E-state index is 0.0800. The fourth-order valence-corrected chi connectivity index (χ4v) is 5.17. The van der Waals surface area contributed by atoms with Gasteiger partial charge in [-0.1, -0.05) is 15.9 Å². The van der Waals surface area contributed by atoms with Crippen LogP contribution in [0.3, 0.4) is 0 Å². The summed E-state index contributed by atoms with van der Waals surface area (Å²) in [4.78, 5) is 28.9. The van der Waals surface area contributed by atoms with Gasteiger partial charge in [-0.15, -0.1) is 0 Å². The van der Waals surface area contributed by atoms with E-state index in [2.05, 4.69) is 42.1 Å². The van der Waals surface area contributed by atoms with Crippen LogP contribution in [0.4, 0.5) is 11.4 Å². The van der Waals surface area contributed by atoms with Crippen molar-refractivity contribution in [1.82, 2.24) is 4.90 Å². The summed E-state index contributed by atoms with van der Waals surface area (Å²) in [7, 11) is 1.59. The van der Waals surface area contributed by atoms with Crippen LogP contribution in [-0.4, -0.2) is 50.0 Å². The number of piperazine rings is 1. The lowest BCUT2D eigenvalue weighted by atomic mass is 10.2. The molecule has 0 radical (unpaired) electrons. The zero-order chi connectivity index (χ0) is 24.1. The monoisotopic (exact) mass is 587 g/mol. The van der Waals surface area contributed by atoms with E-state index < -0.39 is 0 Å². The number of rotatable bonds is 6. The van der Waals surface area contributed by atoms with Gasteiger partial charge in [0.05, 0.1) is 17.8 Å². The van der Waals surface area contributed by atoms with Crippen LogP contribution in [0.15, 0.2) is 74.2 Å². The largest absolute Gasteiger partial charge is 0.495 e. The molecule has 2 amide bonds. The van der Waals surface area contributed by atoms with E-state index >= 15 is 0 Å². The molecule has 1 fully saturated rings. The topological polar surface area (TPSA) is 75.0 Å². The number of anilines is 2. The predicted octanol–water partition coefficient (Wildman–Crippen LogP) is 5.43. The summed E-state index contributed by atoms with van der Waals surface area (Å²) in [5.41, 5.74) is 2.52. The maximum Gasteiger partial charge on any atom is 0.289 e. The quantitative estimate of drug-likeness (QED) is 0.389. The first-order valence-corrected chi connectivity index (χ1v) is 12.2. The van der Waals surface area contributed by atoms with Crippen molar-refractivity contribution in [3.05, 3.63) is 81.1 Å². The van der Waals surface area contributed by atoms with Crippen LogP contribution in [0.25, 0.3) is 6.08 Å². The number of carbonyl (C=O) groups excluding carboxylic acids is 2. The van der Waals surface area contributed by atoms with Crippen molar-refractivity contribution in [3.8, 4) is 5.75 Å². The zero-order valence-corrected chi connectivity index (χ0v) is 21.6. The van der Waals surface area contributed by atoms with Gasteiger partial charge in [0.25, 0.3) is 5.91 Å². The lowest BCUT2D eigenvalue weighted by molar-refractivity contribution is -0.111. The summed E-state index contributed by atoms with van der Waals surface area (Å²) in [6.07, 6.45) is 4.69. The van der Waals surface area contributed by atoms with Crippen LogP contribution in [0.2, 0.25) is 0 Å². The number of benzene rings is 2. The molecule has 9 heteroatoms. The highest BCUT2D eigenvalue weighted by atomic mass is 79.9. The van der Waals surface area contributed by atoms with Crippen molar-refractivity contribution in [2.24, 2.45) is 0 Å². The predicted molar refractivity (Wildman–Crippen MR) is 139 cm³/mol. The minimum Gasteiger partial charge on any atom is -0.495 e. The van der Waals surface area contributed by atoms with Crippen LogP contribution >= 0.6 is 31.9 Å². The van der Waals surface area contributed by atoms with Crippen LogP contribution in [0, 0.1) is 0 Å². The highest BCUT2D eigenvalue weighted by Gasteiger charge is 2.23. The van der Waals surface area contributed by atoms with E-state index in [1.807, 2.05) is 36.4 Å². The van der Waals surface area contributed by atoms with Gasteiger partial charge in [-0.2, -0.15) is 0 Å². The van der Waals surface area contributed by atoms with E-state index in [9.17, 15) is 9.59 Å². The average molecular weight is 589 g/mol. The van der Waals surface area contributed by atoms with Crippen molar-refractivity contribution < 1.29 is 18.7 Å². The molecule has 2 aromatic carbocycles. The molecule has 1 aliphatic heterocycles. The number of amides is 2. The Labute approximate surface area is 214 Å². The SMILES string of the molecule is COc1c(Br)cc(Br)cc1/C=C/C(=O)Nc1ccc(N2CCN(C(=O)c3ccco3)CC2)cc1.